The molecule has 0 bridgehead atoms. The summed E-state index contributed by atoms with van der Waals surface area (Å²) in [4.78, 5) is 10.7. The number of carboxylic acid groups (broad SMARTS) is 1. The molecule has 5 heteroatoms. The van der Waals surface area contributed by atoms with Gasteiger partial charge in [0, 0.05) is 6.42 Å². The Bertz CT molecular complexity index is 529. The van der Waals surface area contributed by atoms with Crippen LogP contribution in [0.25, 0.3) is 0 Å². The van der Waals surface area contributed by atoms with Gasteiger partial charge in [0.25, 0.3) is 0 Å². The molecule has 0 unspecified atom stereocenters. The van der Waals surface area contributed by atoms with Crippen LogP contribution in [0.5, 0.6) is 0 Å². The summed E-state index contributed by atoms with van der Waals surface area (Å²) in [5.41, 5.74) is 1.12. The molecule has 0 aliphatic rings. The number of unbranched alkanes of at least 4 members (excludes halogenated alkanes) is 2. The fourth-order valence-electron chi connectivity index (χ4n) is 1.92. The number of hydrogen-bond donors (Lipinski definition) is 1. The predicted molar refractivity (Wildman–Crippen MR) is 78.7 cm³/mol. The van der Waals surface area contributed by atoms with E-state index in [-0.39, 0.29) is 12.2 Å². The molecule has 0 radical (unpaired) electrons. The third-order valence-corrected chi connectivity index (χ3v) is 5.03. The first-order chi connectivity index (χ1) is 9.33. The Labute approximate surface area is 120 Å². The Morgan fingerprint density at radius 2 is 1.70 bits per heavy atom. The molecule has 0 atom stereocenters. The lowest BCUT2D eigenvalue weighted by Crippen LogP contribution is -2.07. The van der Waals surface area contributed by atoms with Gasteiger partial charge in [-0.05, 0) is 36.5 Å². The molecule has 1 rings (SSSR count). The average Bonchev–Trinajstić information content (AvgIpc) is 2.38. The van der Waals surface area contributed by atoms with Crippen LogP contribution >= 0.6 is 0 Å². The van der Waals surface area contributed by atoms with Crippen LogP contribution in [0.3, 0.4) is 0 Å². The number of hydrogen-bond acceptors (Lipinski definition) is 3. The van der Waals surface area contributed by atoms with Crippen LogP contribution in [0.2, 0.25) is 0 Å². The van der Waals surface area contributed by atoms with E-state index in [9.17, 15) is 13.2 Å². The van der Waals surface area contributed by atoms with Gasteiger partial charge in [-0.3, -0.25) is 4.79 Å². The van der Waals surface area contributed by atoms with Gasteiger partial charge < -0.3 is 5.11 Å². The lowest BCUT2D eigenvalue weighted by molar-refractivity contribution is -0.137. The van der Waals surface area contributed by atoms with E-state index in [2.05, 4.69) is 13.8 Å². The highest BCUT2D eigenvalue weighted by Crippen LogP contribution is 2.19. The van der Waals surface area contributed by atoms with Gasteiger partial charge in [-0.15, -0.1) is 0 Å². The summed E-state index contributed by atoms with van der Waals surface area (Å²) < 4.78 is 24.2. The maximum atomic E-state index is 12.1. The number of benzene rings is 1. The van der Waals surface area contributed by atoms with Crippen molar-refractivity contribution in [3.05, 3.63) is 29.8 Å². The van der Waals surface area contributed by atoms with Crippen molar-refractivity contribution in [3.8, 4) is 0 Å². The second-order valence-electron chi connectivity index (χ2n) is 5.25. The van der Waals surface area contributed by atoms with Crippen LogP contribution in [-0.4, -0.2) is 25.2 Å². The van der Waals surface area contributed by atoms with Gasteiger partial charge in [-0.1, -0.05) is 32.4 Å². The monoisotopic (exact) mass is 298 g/mol. The quantitative estimate of drug-likeness (QED) is 0.748. The van der Waals surface area contributed by atoms with E-state index in [0.717, 1.165) is 5.56 Å². The molecule has 1 N–H and O–H groups in total. The van der Waals surface area contributed by atoms with E-state index in [0.29, 0.717) is 30.1 Å². The summed E-state index contributed by atoms with van der Waals surface area (Å²) in [5.74, 6) is -0.381. The molecular formula is C15H22O4S. The summed E-state index contributed by atoms with van der Waals surface area (Å²) in [6.45, 7) is 4.12. The van der Waals surface area contributed by atoms with Gasteiger partial charge in [0.05, 0.1) is 10.6 Å². The molecule has 0 aliphatic carbocycles. The van der Waals surface area contributed by atoms with E-state index >= 15 is 0 Å². The van der Waals surface area contributed by atoms with E-state index in [1.807, 2.05) is 12.1 Å². The molecule has 20 heavy (non-hydrogen) atoms. The fraction of sp³-hybridized carbons (Fsp3) is 0.533. The smallest absolute Gasteiger partial charge is 0.303 e. The number of rotatable bonds is 8. The van der Waals surface area contributed by atoms with Crippen molar-refractivity contribution in [2.75, 3.05) is 5.75 Å². The van der Waals surface area contributed by atoms with Gasteiger partial charge in [0.2, 0.25) is 0 Å². The third kappa shape index (κ3) is 5.33. The zero-order valence-corrected chi connectivity index (χ0v) is 12.8. The first kappa shape index (κ1) is 16.7. The minimum Gasteiger partial charge on any atom is -0.481 e. The van der Waals surface area contributed by atoms with E-state index in [1.54, 1.807) is 12.1 Å². The Morgan fingerprint density at radius 3 is 2.20 bits per heavy atom. The number of carbonyl (C=O) groups is 1. The van der Waals surface area contributed by atoms with E-state index in [1.165, 1.54) is 0 Å². The number of carboxylic acids is 1. The van der Waals surface area contributed by atoms with Crippen LogP contribution < -0.4 is 0 Å². The normalized spacial score (nSPS) is 11.8. The SMILES string of the molecule is CC(C)c1ccc(S(=O)(=O)CCCCCC(=O)O)cc1. The van der Waals surface area contributed by atoms with Crippen LogP contribution in [0.4, 0.5) is 0 Å². The maximum absolute atomic E-state index is 12.1. The first-order valence-corrected chi connectivity index (χ1v) is 8.52. The molecule has 112 valence electrons. The molecule has 1 aromatic carbocycles. The van der Waals surface area contributed by atoms with Crippen molar-refractivity contribution in [1.82, 2.24) is 0 Å². The van der Waals surface area contributed by atoms with Gasteiger partial charge in [-0.2, -0.15) is 0 Å². The van der Waals surface area contributed by atoms with Gasteiger partial charge in [-0.25, -0.2) is 8.42 Å². The zero-order valence-electron chi connectivity index (χ0n) is 12.0. The zero-order chi connectivity index (χ0) is 15.2. The van der Waals surface area contributed by atoms with Gasteiger partial charge in [0.1, 0.15) is 0 Å². The molecule has 0 fully saturated rings. The predicted octanol–water partition coefficient (Wildman–Crippen LogP) is 3.23. The van der Waals surface area contributed by atoms with Crippen molar-refractivity contribution >= 4 is 15.8 Å². The molecule has 0 aliphatic heterocycles. The molecule has 0 heterocycles. The van der Waals surface area contributed by atoms with Crippen LogP contribution in [0, 0.1) is 0 Å². The minimum atomic E-state index is -3.25. The Balaban J connectivity index is 2.53. The van der Waals surface area contributed by atoms with Crippen molar-refractivity contribution < 1.29 is 18.3 Å². The molecule has 0 aromatic heterocycles. The maximum Gasteiger partial charge on any atom is 0.303 e. The fourth-order valence-corrected chi connectivity index (χ4v) is 3.29. The lowest BCUT2D eigenvalue weighted by Gasteiger charge is -2.08. The summed E-state index contributed by atoms with van der Waals surface area (Å²) in [6.07, 6.45) is 1.75. The van der Waals surface area contributed by atoms with Crippen LogP contribution in [-0.2, 0) is 14.6 Å². The summed E-state index contributed by atoms with van der Waals surface area (Å²) in [6, 6.07) is 7.01. The molecule has 0 saturated carbocycles. The highest BCUT2D eigenvalue weighted by atomic mass is 32.2. The Hall–Kier alpha value is -1.36. The van der Waals surface area contributed by atoms with Gasteiger partial charge in [0.15, 0.2) is 9.84 Å². The molecule has 1 aromatic rings. The van der Waals surface area contributed by atoms with Crippen molar-refractivity contribution in [3.63, 3.8) is 0 Å². The second kappa shape index (κ2) is 7.43. The topological polar surface area (TPSA) is 71.4 Å². The molecule has 0 amide bonds. The van der Waals surface area contributed by atoms with E-state index < -0.39 is 15.8 Å². The summed E-state index contributed by atoms with van der Waals surface area (Å²) in [7, 11) is -3.25. The summed E-state index contributed by atoms with van der Waals surface area (Å²) in [5, 5.41) is 8.50. The van der Waals surface area contributed by atoms with Crippen LogP contribution in [0.15, 0.2) is 29.2 Å². The van der Waals surface area contributed by atoms with Crippen molar-refractivity contribution in [1.29, 1.82) is 0 Å². The standard InChI is InChI=1S/C15H22O4S/c1-12(2)13-7-9-14(10-8-13)20(18,19)11-5-3-4-6-15(16)17/h7-10,12H,3-6,11H2,1-2H3,(H,16,17). The number of aliphatic carboxylic acids is 1. The molecule has 0 saturated heterocycles. The first-order valence-electron chi connectivity index (χ1n) is 6.87. The average molecular weight is 298 g/mol. The lowest BCUT2D eigenvalue weighted by atomic mass is 10.0. The highest BCUT2D eigenvalue weighted by molar-refractivity contribution is 7.91. The minimum absolute atomic E-state index is 0.0770. The Morgan fingerprint density at radius 1 is 1.10 bits per heavy atom. The Kier molecular flexibility index (Phi) is 6.20. The van der Waals surface area contributed by atoms with E-state index in [4.69, 9.17) is 5.11 Å². The number of sulfone groups is 1. The molecule has 4 nitrogen and oxygen atoms in total. The largest absolute Gasteiger partial charge is 0.481 e. The van der Waals surface area contributed by atoms with Crippen molar-refractivity contribution in [2.24, 2.45) is 0 Å². The highest BCUT2D eigenvalue weighted by Gasteiger charge is 2.14. The van der Waals surface area contributed by atoms with Gasteiger partial charge >= 0.3 is 5.97 Å². The second-order valence-corrected chi connectivity index (χ2v) is 7.36. The third-order valence-electron chi connectivity index (χ3n) is 3.21. The van der Waals surface area contributed by atoms with Crippen LogP contribution in [0.1, 0.15) is 51.0 Å². The van der Waals surface area contributed by atoms with Crippen molar-refractivity contribution in [2.45, 2.75) is 50.3 Å². The summed E-state index contributed by atoms with van der Waals surface area (Å²) >= 11 is 0. The molecular weight excluding hydrogens is 276 g/mol. The molecule has 0 spiro atoms.